The fourth-order valence-electron chi connectivity index (χ4n) is 3.91. The second-order valence-electron chi connectivity index (χ2n) is 8.92. The van der Waals surface area contributed by atoms with Crippen LogP contribution in [-0.2, 0) is 28.4 Å². The summed E-state index contributed by atoms with van der Waals surface area (Å²) in [6.45, 7) is 8.73. The highest BCUT2D eigenvalue weighted by Gasteiger charge is 2.12. The number of rotatable bonds is 27. The van der Waals surface area contributed by atoms with E-state index in [0.29, 0.717) is 92.5 Å². The monoisotopic (exact) mass is 580 g/mol. The van der Waals surface area contributed by atoms with Gasteiger partial charge in [0.1, 0.15) is 24.7 Å². The average Bonchev–Trinajstić information content (AvgIpc) is 3.00. The van der Waals surface area contributed by atoms with Crippen molar-refractivity contribution in [3.05, 3.63) is 59.7 Å². The second-order valence-corrected chi connectivity index (χ2v) is 8.92. The Morgan fingerprint density at radius 1 is 0.439 bits per heavy atom. The molecule has 232 valence electrons. The minimum absolute atomic E-state index is 0.0246. The Balaban J connectivity index is 1.59. The van der Waals surface area contributed by atoms with Gasteiger partial charge in [-0.25, -0.2) is 0 Å². The van der Waals surface area contributed by atoms with Gasteiger partial charge in [0.25, 0.3) is 0 Å². The molecule has 0 aromatic heterocycles. The van der Waals surface area contributed by atoms with Crippen LogP contribution in [0.4, 0.5) is 0 Å². The molecular weight excluding hydrogens is 532 g/mol. The van der Waals surface area contributed by atoms with Gasteiger partial charge in [-0.15, -0.1) is 0 Å². The van der Waals surface area contributed by atoms with E-state index in [1.165, 1.54) is 11.1 Å². The van der Waals surface area contributed by atoms with Crippen molar-refractivity contribution in [1.29, 1.82) is 0 Å². The minimum atomic E-state index is 0.0246. The van der Waals surface area contributed by atoms with Crippen LogP contribution >= 0.6 is 0 Å². The molecule has 0 aliphatic heterocycles. The van der Waals surface area contributed by atoms with E-state index < -0.39 is 0 Å². The van der Waals surface area contributed by atoms with E-state index in [4.69, 9.17) is 48.1 Å². The number of aliphatic hydroxyl groups excluding tert-OH is 2. The molecule has 0 saturated heterocycles. The third-order valence-corrected chi connectivity index (χ3v) is 5.93. The topological polar surface area (TPSA) is 114 Å². The number of aliphatic hydroxyl groups is 2. The highest BCUT2D eigenvalue weighted by atomic mass is 16.6. The highest BCUT2D eigenvalue weighted by Crippen LogP contribution is 2.30. The molecule has 0 saturated carbocycles. The van der Waals surface area contributed by atoms with Crippen LogP contribution in [0.2, 0.25) is 0 Å². The lowest BCUT2D eigenvalue weighted by Crippen LogP contribution is -2.13. The second kappa shape index (κ2) is 24.3. The zero-order valence-corrected chi connectivity index (χ0v) is 24.4. The molecule has 0 atom stereocenters. The quantitative estimate of drug-likeness (QED) is 0.153. The maximum absolute atomic E-state index is 8.63. The summed E-state index contributed by atoms with van der Waals surface area (Å²) in [4.78, 5) is 0. The van der Waals surface area contributed by atoms with Crippen LogP contribution in [0, 0.1) is 0 Å². The lowest BCUT2D eigenvalue weighted by atomic mass is 9.89. The molecule has 41 heavy (non-hydrogen) atoms. The average molecular weight is 581 g/mol. The zero-order valence-electron chi connectivity index (χ0n) is 24.4. The van der Waals surface area contributed by atoms with Gasteiger partial charge in [0.2, 0.25) is 0 Å². The Kier molecular flexibility index (Phi) is 20.7. The predicted molar refractivity (Wildman–Crippen MR) is 155 cm³/mol. The molecule has 2 aromatic rings. The van der Waals surface area contributed by atoms with Gasteiger partial charge < -0.3 is 48.1 Å². The van der Waals surface area contributed by atoms with Crippen molar-refractivity contribution >= 4 is 0 Å². The summed E-state index contributed by atoms with van der Waals surface area (Å²) in [5.74, 6) is 1.91. The first-order chi connectivity index (χ1) is 20.3. The molecular formula is C31H48O10. The third kappa shape index (κ3) is 16.7. The Hall–Kier alpha value is -2.28. The summed E-state index contributed by atoms with van der Waals surface area (Å²) in [7, 11) is 0. The molecule has 2 N–H and O–H groups in total. The molecule has 0 fully saturated rings. The molecule has 0 spiro atoms. The van der Waals surface area contributed by atoms with Gasteiger partial charge in [0.05, 0.1) is 92.5 Å². The first kappa shape index (κ1) is 34.9. The fourth-order valence-corrected chi connectivity index (χ4v) is 3.91. The van der Waals surface area contributed by atoms with Crippen molar-refractivity contribution in [2.45, 2.75) is 19.3 Å². The number of hydrogen-bond acceptors (Lipinski definition) is 10. The predicted octanol–water partition coefficient (Wildman–Crippen LogP) is 3.07. The van der Waals surface area contributed by atoms with Gasteiger partial charge in [-0.05, 0) is 41.8 Å². The van der Waals surface area contributed by atoms with E-state index in [0.717, 1.165) is 17.9 Å². The van der Waals surface area contributed by atoms with Crippen molar-refractivity contribution in [3.8, 4) is 11.5 Å². The van der Waals surface area contributed by atoms with E-state index in [-0.39, 0.29) is 19.1 Å². The third-order valence-electron chi connectivity index (χ3n) is 5.93. The standard InChI is InChI=1S/C31H48O10/c1-2-31(27-3-7-29(8-4-27)40-25-23-38-21-19-36-17-15-34-13-11-32)28-5-9-30(10-6-28)41-26-24-39-22-20-37-18-16-35-14-12-33/h3-10,31-33H,2,11-26H2,1H3. The van der Waals surface area contributed by atoms with Gasteiger partial charge in [-0.1, -0.05) is 31.2 Å². The Morgan fingerprint density at radius 3 is 1.02 bits per heavy atom. The molecule has 10 heteroatoms. The molecule has 10 nitrogen and oxygen atoms in total. The summed E-state index contributed by atoms with van der Waals surface area (Å²) in [5, 5.41) is 17.3. The SMILES string of the molecule is CCC(c1ccc(OCCOCCOCCOCCO)cc1)c1ccc(OCCOCCOCCOCCO)cc1. The summed E-state index contributed by atoms with van der Waals surface area (Å²) >= 11 is 0. The van der Waals surface area contributed by atoms with Gasteiger partial charge in [0, 0.05) is 5.92 Å². The van der Waals surface area contributed by atoms with Crippen molar-refractivity contribution in [2.24, 2.45) is 0 Å². The van der Waals surface area contributed by atoms with Gasteiger partial charge in [-0.2, -0.15) is 0 Å². The Morgan fingerprint density at radius 2 is 0.732 bits per heavy atom. The van der Waals surface area contributed by atoms with E-state index in [1.807, 2.05) is 24.3 Å². The van der Waals surface area contributed by atoms with Crippen molar-refractivity contribution in [1.82, 2.24) is 0 Å². The Bertz CT molecular complexity index is 777. The minimum Gasteiger partial charge on any atom is -0.491 e. The Labute approximate surface area is 244 Å². The highest BCUT2D eigenvalue weighted by molar-refractivity contribution is 5.38. The molecule has 2 aromatic carbocycles. The van der Waals surface area contributed by atoms with Crippen molar-refractivity contribution < 1.29 is 48.1 Å². The number of benzene rings is 2. The molecule has 0 aliphatic rings. The van der Waals surface area contributed by atoms with Crippen molar-refractivity contribution in [2.75, 3.05) is 106 Å². The molecule has 0 unspecified atom stereocenters. The van der Waals surface area contributed by atoms with Crippen LogP contribution in [0.5, 0.6) is 11.5 Å². The lowest BCUT2D eigenvalue weighted by molar-refractivity contribution is 0.00361. The summed E-state index contributed by atoms with van der Waals surface area (Å²) in [6.07, 6.45) is 0.980. The summed E-state index contributed by atoms with van der Waals surface area (Å²) in [6, 6.07) is 16.5. The molecule has 0 bridgehead atoms. The lowest BCUT2D eigenvalue weighted by Gasteiger charge is -2.17. The molecule has 0 amide bonds. The smallest absolute Gasteiger partial charge is 0.119 e. The van der Waals surface area contributed by atoms with Gasteiger partial charge in [0.15, 0.2) is 0 Å². The molecule has 0 heterocycles. The maximum atomic E-state index is 8.63. The maximum Gasteiger partial charge on any atom is 0.119 e. The zero-order chi connectivity index (χ0) is 29.2. The number of ether oxygens (including phenoxy) is 8. The molecule has 2 rings (SSSR count). The van der Waals surface area contributed by atoms with Gasteiger partial charge >= 0.3 is 0 Å². The van der Waals surface area contributed by atoms with E-state index >= 15 is 0 Å². The van der Waals surface area contributed by atoms with Crippen LogP contribution in [0.15, 0.2) is 48.5 Å². The normalized spacial score (nSPS) is 11.3. The van der Waals surface area contributed by atoms with Crippen LogP contribution in [0.3, 0.4) is 0 Å². The van der Waals surface area contributed by atoms with Crippen LogP contribution in [-0.4, -0.2) is 116 Å². The molecule has 0 aliphatic carbocycles. The fraction of sp³-hybridized carbons (Fsp3) is 0.613. The van der Waals surface area contributed by atoms with Gasteiger partial charge in [-0.3, -0.25) is 0 Å². The van der Waals surface area contributed by atoms with Crippen LogP contribution in [0.1, 0.15) is 30.4 Å². The van der Waals surface area contributed by atoms with E-state index in [9.17, 15) is 0 Å². The summed E-state index contributed by atoms with van der Waals surface area (Å²) < 4.78 is 43.7. The largest absolute Gasteiger partial charge is 0.491 e. The van der Waals surface area contributed by atoms with E-state index in [1.54, 1.807) is 0 Å². The first-order valence-electron chi connectivity index (χ1n) is 14.4. The van der Waals surface area contributed by atoms with Crippen molar-refractivity contribution in [3.63, 3.8) is 0 Å². The van der Waals surface area contributed by atoms with E-state index in [2.05, 4.69) is 31.2 Å². The first-order valence-corrected chi connectivity index (χ1v) is 14.4. The number of hydrogen-bond donors (Lipinski definition) is 2. The molecule has 0 radical (unpaired) electrons. The van der Waals surface area contributed by atoms with Crippen LogP contribution < -0.4 is 9.47 Å². The van der Waals surface area contributed by atoms with Crippen LogP contribution in [0.25, 0.3) is 0 Å². The summed E-state index contributed by atoms with van der Waals surface area (Å²) in [5.41, 5.74) is 2.47.